The van der Waals surface area contributed by atoms with Crippen molar-refractivity contribution in [1.29, 1.82) is 5.26 Å². The van der Waals surface area contributed by atoms with Crippen molar-refractivity contribution < 1.29 is 9.53 Å². The molecule has 4 rings (SSSR count). The van der Waals surface area contributed by atoms with Gasteiger partial charge in [-0.1, -0.05) is 45.7 Å². The minimum Gasteiger partial charge on any atom is -0.486 e. The summed E-state index contributed by atoms with van der Waals surface area (Å²) in [5.74, 6) is 0.244. The first-order valence-corrected chi connectivity index (χ1v) is 13.2. The number of carbonyl (C=O) groups excluding carboxylic acids is 1. The van der Waals surface area contributed by atoms with E-state index in [1.807, 2.05) is 50.2 Å². The van der Waals surface area contributed by atoms with E-state index in [-0.39, 0.29) is 12.5 Å². The molecule has 0 unspecified atom stereocenters. The Morgan fingerprint density at radius 2 is 1.89 bits per heavy atom. The van der Waals surface area contributed by atoms with Crippen molar-refractivity contribution >= 4 is 78.1 Å². The average molecular weight is 632 g/mol. The summed E-state index contributed by atoms with van der Waals surface area (Å²) in [4.78, 5) is 17.6. The zero-order valence-electron chi connectivity index (χ0n) is 18.7. The fourth-order valence-corrected chi connectivity index (χ4v) is 5.50. The Bertz CT molecular complexity index is 1400. The van der Waals surface area contributed by atoms with Crippen LogP contribution in [0.25, 0.3) is 6.08 Å². The number of amidine groups is 1. The molecule has 0 bridgehead atoms. The molecule has 1 aliphatic heterocycles. The third kappa shape index (κ3) is 5.99. The lowest BCUT2D eigenvalue weighted by Crippen LogP contribution is -2.19. The summed E-state index contributed by atoms with van der Waals surface area (Å²) < 4.78 is 7.59. The number of carbonyl (C=O) groups is 1. The molecule has 1 heterocycles. The van der Waals surface area contributed by atoms with E-state index in [1.54, 1.807) is 18.2 Å². The Hall–Kier alpha value is -2.57. The van der Waals surface area contributed by atoms with Crippen LogP contribution in [-0.2, 0) is 11.4 Å². The lowest BCUT2D eigenvalue weighted by Gasteiger charge is -2.12. The SMILES string of the molecule is Cc1cc(N=C2NC(=O)/C(=C/c3cc(Cl)c(OCc4ccccc4C#N)c(Br)c3)S2)cc(C)c1Br. The first-order valence-electron chi connectivity index (χ1n) is 10.4. The highest BCUT2D eigenvalue weighted by Gasteiger charge is 2.24. The van der Waals surface area contributed by atoms with Gasteiger partial charge in [0.25, 0.3) is 5.91 Å². The van der Waals surface area contributed by atoms with Crippen molar-refractivity contribution in [2.75, 3.05) is 0 Å². The van der Waals surface area contributed by atoms with E-state index in [1.165, 1.54) is 11.8 Å². The van der Waals surface area contributed by atoms with E-state index >= 15 is 0 Å². The zero-order chi connectivity index (χ0) is 25.1. The van der Waals surface area contributed by atoms with Crippen LogP contribution >= 0.6 is 55.2 Å². The molecule has 0 saturated carbocycles. The van der Waals surface area contributed by atoms with Gasteiger partial charge in [0, 0.05) is 10.0 Å². The molecule has 3 aromatic carbocycles. The quantitative estimate of drug-likeness (QED) is 0.292. The number of hydrogen-bond donors (Lipinski definition) is 1. The number of nitrogens with one attached hydrogen (secondary N) is 1. The summed E-state index contributed by atoms with van der Waals surface area (Å²) in [5.41, 5.74) is 4.99. The second-order valence-electron chi connectivity index (χ2n) is 7.75. The number of rotatable bonds is 5. The van der Waals surface area contributed by atoms with Gasteiger partial charge in [0.15, 0.2) is 10.9 Å². The summed E-state index contributed by atoms with van der Waals surface area (Å²) in [7, 11) is 0. The van der Waals surface area contributed by atoms with Gasteiger partial charge >= 0.3 is 0 Å². The van der Waals surface area contributed by atoms with Crippen LogP contribution in [-0.4, -0.2) is 11.1 Å². The van der Waals surface area contributed by atoms with Crippen LogP contribution in [0.15, 0.2) is 67.4 Å². The van der Waals surface area contributed by atoms with Crippen molar-refractivity contribution in [3.05, 3.63) is 95.2 Å². The van der Waals surface area contributed by atoms with Crippen molar-refractivity contribution in [2.24, 2.45) is 4.99 Å². The molecular weight excluding hydrogens is 614 g/mol. The van der Waals surface area contributed by atoms with Gasteiger partial charge in [-0.15, -0.1) is 0 Å². The minimum absolute atomic E-state index is 0.204. The van der Waals surface area contributed by atoms with Crippen molar-refractivity contribution in [2.45, 2.75) is 20.5 Å². The van der Waals surface area contributed by atoms with Gasteiger partial charge in [0.05, 0.1) is 31.7 Å². The van der Waals surface area contributed by atoms with Gasteiger partial charge in [-0.05, 0) is 94.6 Å². The van der Waals surface area contributed by atoms with E-state index in [0.29, 0.717) is 30.9 Å². The molecule has 0 spiro atoms. The predicted octanol–water partition coefficient (Wildman–Crippen LogP) is 7.82. The lowest BCUT2D eigenvalue weighted by atomic mass is 10.1. The highest BCUT2D eigenvalue weighted by Crippen LogP contribution is 2.37. The molecular formula is C26H18Br2ClN3O2S. The fourth-order valence-electron chi connectivity index (χ4n) is 3.44. The van der Waals surface area contributed by atoms with E-state index in [4.69, 9.17) is 16.3 Å². The summed E-state index contributed by atoms with van der Waals surface area (Å²) >= 11 is 14.8. The second kappa shape index (κ2) is 11.0. The molecule has 35 heavy (non-hydrogen) atoms. The maximum absolute atomic E-state index is 12.5. The normalized spacial score (nSPS) is 15.4. The fraction of sp³-hybridized carbons (Fsp3) is 0.115. The third-order valence-electron chi connectivity index (χ3n) is 5.13. The van der Waals surface area contributed by atoms with Gasteiger partial charge in [0.1, 0.15) is 6.61 Å². The smallest absolute Gasteiger partial charge is 0.264 e. The molecule has 0 aromatic heterocycles. The van der Waals surface area contributed by atoms with Gasteiger partial charge < -0.3 is 10.1 Å². The Morgan fingerprint density at radius 3 is 2.57 bits per heavy atom. The maximum Gasteiger partial charge on any atom is 0.264 e. The average Bonchev–Trinajstić information content (AvgIpc) is 3.15. The first-order chi connectivity index (χ1) is 16.7. The van der Waals surface area contributed by atoms with Crippen molar-refractivity contribution in [3.8, 4) is 11.8 Å². The van der Waals surface area contributed by atoms with E-state index in [9.17, 15) is 10.1 Å². The number of halogens is 3. The third-order valence-corrected chi connectivity index (χ3v) is 8.16. The number of hydrogen-bond acceptors (Lipinski definition) is 5. The number of amides is 1. The zero-order valence-corrected chi connectivity index (χ0v) is 23.4. The maximum atomic E-state index is 12.5. The second-order valence-corrected chi connectivity index (χ2v) is 10.8. The number of aliphatic imine (C=N–C) groups is 1. The van der Waals surface area contributed by atoms with Crippen molar-refractivity contribution in [3.63, 3.8) is 0 Å². The van der Waals surface area contributed by atoms with Crippen LogP contribution in [0, 0.1) is 25.2 Å². The first kappa shape index (κ1) is 25.5. The van der Waals surface area contributed by atoms with E-state index < -0.39 is 0 Å². The van der Waals surface area contributed by atoms with Crippen molar-refractivity contribution in [1.82, 2.24) is 5.32 Å². The molecule has 9 heteroatoms. The van der Waals surface area contributed by atoms with Gasteiger partial charge in [-0.25, -0.2) is 4.99 Å². The van der Waals surface area contributed by atoms with Crippen LogP contribution in [0.3, 0.4) is 0 Å². The number of ether oxygens (including phenoxy) is 1. The topological polar surface area (TPSA) is 74.5 Å². The number of thioether (sulfide) groups is 1. The monoisotopic (exact) mass is 629 g/mol. The van der Waals surface area contributed by atoms with Crippen LogP contribution in [0.1, 0.15) is 27.8 Å². The predicted molar refractivity (Wildman–Crippen MR) is 149 cm³/mol. The number of nitriles is 1. The number of nitrogens with zero attached hydrogens (tertiary/aromatic N) is 2. The molecule has 1 saturated heterocycles. The Labute approximate surface area is 229 Å². The van der Waals surface area contributed by atoms with Gasteiger partial charge in [0.2, 0.25) is 0 Å². The highest BCUT2D eigenvalue weighted by molar-refractivity contribution is 9.10. The summed E-state index contributed by atoms with van der Waals surface area (Å²) in [6.45, 7) is 4.21. The van der Waals surface area contributed by atoms with Crippen LogP contribution < -0.4 is 10.1 Å². The molecule has 0 radical (unpaired) electrons. The highest BCUT2D eigenvalue weighted by atomic mass is 79.9. The number of aryl methyl sites for hydroxylation is 2. The lowest BCUT2D eigenvalue weighted by molar-refractivity contribution is -0.115. The molecule has 1 fully saturated rings. The largest absolute Gasteiger partial charge is 0.486 e. The molecule has 1 N–H and O–H groups in total. The molecule has 176 valence electrons. The van der Waals surface area contributed by atoms with Crippen LogP contribution in [0.2, 0.25) is 5.02 Å². The Kier molecular flexibility index (Phi) is 8.02. The summed E-state index contributed by atoms with van der Waals surface area (Å²) in [5, 5.41) is 13.0. The number of benzene rings is 3. The molecule has 0 aliphatic carbocycles. The molecule has 3 aromatic rings. The van der Waals surface area contributed by atoms with Crippen LogP contribution in [0.5, 0.6) is 5.75 Å². The Morgan fingerprint density at radius 1 is 1.17 bits per heavy atom. The van der Waals surface area contributed by atoms with Crippen LogP contribution in [0.4, 0.5) is 5.69 Å². The van der Waals surface area contributed by atoms with E-state index in [2.05, 4.69) is 48.2 Å². The minimum atomic E-state index is -0.222. The summed E-state index contributed by atoms with van der Waals surface area (Å²) in [6.07, 6.45) is 1.76. The Balaban J connectivity index is 1.53. The molecule has 0 atom stereocenters. The molecule has 1 amide bonds. The van der Waals surface area contributed by atoms with Gasteiger partial charge in [-0.3, -0.25) is 4.79 Å². The molecule has 5 nitrogen and oxygen atoms in total. The van der Waals surface area contributed by atoms with Gasteiger partial charge in [-0.2, -0.15) is 5.26 Å². The summed E-state index contributed by atoms with van der Waals surface area (Å²) in [6, 6.07) is 16.9. The van der Waals surface area contributed by atoms with E-state index in [0.717, 1.165) is 32.4 Å². The standard InChI is InChI=1S/C26H18Br2ClN3O2S/c1-14-7-19(8-15(2)23(14)28)31-26-32-25(33)22(35-26)11-16-9-20(27)24(21(29)10-16)34-13-18-6-4-3-5-17(18)12-30/h3-11H,13H2,1-2H3,(H,31,32,33)/b22-11-. The molecule has 1 aliphatic rings.